The Morgan fingerprint density at radius 2 is 2.00 bits per heavy atom. The highest BCUT2D eigenvalue weighted by Gasteiger charge is 2.23. The number of thiazole rings is 1. The summed E-state index contributed by atoms with van der Waals surface area (Å²) in [7, 11) is 0. The summed E-state index contributed by atoms with van der Waals surface area (Å²) in [4.78, 5) is 30.0. The van der Waals surface area contributed by atoms with Crippen LogP contribution in [0.2, 0.25) is 0 Å². The number of hydrogen-bond acceptors (Lipinski definition) is 5. The topological polar surface area (TPSA) is 84.2 Å². The average Bonchev–Trinajstić information content (AvgIpc) is 3.27. The minimum absolute atomic E-state index is 0.163. The van der Waals surface area contributed by atoms with Crippen molar-refractivity contribution in [2.45, 2.75) is 19.4 Å². The Hall–Kier alpha value is -2.93. The van der Waals surface area contributed by atoms with E-state index in [0.717, 1.165) is 10.4 Å². The number of amides is 2. The number of anilines is 1. The number of carbonyl (C=O) groups excluding carboxylic acids is 2. The Kier molecular flexibility index (Phi) is 5.25. The Balaban J connectivity index is 1.75. The first-order valence-corrected chi connectivity index (χ1v) is 8.55. The molecule has 2 heterocycles. The second-order valence-electron chi connectivity index (χ2n) is 5.46. The zero-order valence-electron chi connectivity index (χ0n) is 13.6. The molecule has 3 rings (SSSR count). The summed E-state index contributed by atoms with van der Waals surface area (Å²) >= 11 is 1.38. The van der Waals surface area contributed by atoms with Gasteiger partial charge in [-0.3, -0.25) is 9.59 Å². The lowest BCUT2D eigenvalue weighted by Gasteiger charge is -2.17. The van der Waals surface area contributed by atoms with Crippen LogP contribution >= 0.6 is 11.3 Å². The van der Waals surface area contributed by atoms with Gasteiger partial charge < -0.3 is 15.1 Å². The van der Waals surface area contributed by atoms with Gasteiger partial charge in [-0.25, -0.2) is 4.98 Å². The Labute approximate surface area is 148 Å². The predicted molar refractivity (Wildman–Crippen MR) is 95.6 cm³/mol. The van der Waals surface area contributed by atoms with Gasteiger partial charge in [0.15, 0.2) is 10.9 Å². The quantitative estimate of drug-likeness (QED) is 0.712. The molecule has 1 unspecified atom stereocenters. The van der Waals surface area contributed by atoms with Gasteiger partial charge in [-0.05, 0) is 24.6 Å². The van der Waals surface area contributed by atoms with Crippen LogP contribution in [0.5, 0.6) is 0 Å². The van der Waals surface area contributed by atoms with Gasteiger partial charge in [0.1, 0.15) is 6.04 Å². The molecule has 6 nitrogen and oxygen atoms in total. The first-order chi connectivity index (χ1) is 12.1. The maximum Gasteiger partial charge on any atom is 0.287 e. The Morgan fingerprint density at radius 3 is 2.64 bits per heavy atom. The number of furan rings is 1. The standard InChI is InChI=1S/C18H17N3O3S/c1-12-11-19-18(25-12)21-16(22)14(10-13-6-3-2-4-7-13)20-17(23)15-8-5-9-24-15/h2-9,11,14H,10H2,1H3,(H,20,23)(H,19,21,22). The van der Waals surface area contributed by atoms with Crippen molar-refractivity contribution in [3.8, 4) is 0 Å². The number of aryl methyl sites for hydroxylation is 1. The third-order valence-corrected chi connectivity index (χ3v) is 4.33. The molecule has 2 aromatic heterocycles. The van der Waals surface area contributed by atoms with Crippen LogP contribution in [-0.2, 0) is 11.2 Å². The van der Waals surface area contributed by atoms with E-state index in [0.29, 0.717) is 11.6 Å². The zero-order chi connectivity index (χ0) is 17.6. The first kappa shape index (κ1) is 16.9. The van der Waals surface area contributed by atoms with E-state index in [9.17, 15) is 9.59 Å². The Bertz CT molecular complexity index is 844. The maximum absolute atomic E-state index is 12.6. The number of carbonyl (C=O) groups is 2. The summed E-state index contributed by atoms with van der Waals surface area (Å²) < 4.78 is 5.09. The molecule has 0 saturated carbocycles. The molecule has 2 N–H and O–H groups in total. The number of hydrogen-bond donors (Lipinski definition) is 2. The van der Waals surface area contributed by atoms with Crippen molar-refractivity contribution in [3.05, 3.63) is 71.1 Å². The van der Waals surface area contributed by atoms with Crippen molar-refractivity contribution in [2.75, 3.05) is 5.32 Å². The van der Waals surface area contributed by atoms with Crippen LogP contribution in [-0.4, -0.2) is 22.8 Å². The fourth-order valence-corrected chi connectivity index (χ4v) is 2.97. The van der Waals surface area contributed by atoms with Crippen molar-refractivity contribution in [1.82, 2.24) is 10.3 Å². The molecular formula is C18H17N3O3S. The van der Waals surface area contributed by atoms with Crippen molar-refractivity contribution < 1.29 is 14.0 Å². The summed E-state index contributed by atoms with van der Waals surface area (Å²) in [6, 6.07) is 11.9. The minimum atomic E-state index is -0.746. The van der Waals surface area contributed by atoms with E-state index in [1.165, 1.54) is 17.6 Å². The van der Waals surface area contributed by atoms with Crippen LogP contribution in [0.25, 0.3) is 0 Å². The Morgan fingerprint density at radius 1 is 1.20 bits per heavy atom. The van der Waals surface area contributed by atoms with Gasteiger partial charge in [0.05, 0.1) is 6.26 Å². The number of rotatable bonds is 6. The highest BCUT2D eigenvalue weighted by Crippen LogP contribution is 2.17. The predicted octanol–water partition coefficient (Wildman–Crippen LogP) is 3.02. The van der Waals surface area contributed by atoms with Crippen molar-refractivity contribution >= 4 is 28.3 Å². The number of nitrogens with zero attached hydrogens (tertiary/aromatic N) is 1. The second kappa shape index (κ2) is 7.76. The molecule has 0 fully saturated rings. The van der Waals surface area contributed by atoms with Gasteiger partial charge in [-0.2, -0.15) is 0 Å². The molecule has 0 saturated heterocycles. The van der Waals surface area contributed by atoms with E-state index >= 15 is 0 Å². The van der Waals surface area contributed by atoms with Gasteiger partial charge in [-0.15, -0.1) is 11.3 Å². The number of aromatic nitrogens is 1. The van der Waals surface area contributed by atoms with Gasteiger partial charge in [0.2, 0.25) is 5.91 Å². The molecule has 0 spiro atoms. The molecule has 128 valence electrons. The molecule has 2 amide bonds. The molecule has 25 heavy (non-hydrogen) atoms. The SMILES string of the molecule is Cc1cnc(NC(=O)C(Cc2ccccc2)NC(=O)c2ccco2)s1. The highest BCUT2D eigenvalue weighted by atomic mass is 32.1. The van der Waals surface area contributed by atoms with Crippen LogP contribution in [0.4, 0.5) is 5.13 Å². The van der Waals surface area contributed by atoms with Crippen molar-refractivity contribution in [2.24, 2.45) is 0 Å². The van der Waals surface area contributed by atoms with E-state index in [1.807, 2.05) is 37.3 Å². The lowest BCUT2D eigenvalue weighted by molar-refractivity contribution is -0.118. The summed E-state index contributed by atoms with van der Waals surface area (Å²) in [5.74, 6) is -0.592. The van der Waals surface area contributed by atoms with Gasteiger partial charge in [-0.1, -0.05) is 30.3 Å². The summed E-state index contributed by atoms with van der Waals surface area (Å²) in [6.07, 6.45) is 3.47. The number of nitrogens with one attached hydrogen (secondary N) is 2. The molecule has 0 bridgehead atoms. The zero-order valence-corrected chi connectivity index (χ0v) is 14.4. The van der Waals surface area contributed by atoms with Crippen molar-refractivity contribution in [1.29, 1.82) is 0 Å². The smallest absolute Gasteiger partial charge is 0.287 e. The molecular weight excluding hydrogens is 338 g/mol. The number of benzene rings is 1. The monoisotopic (exact) mass is 355 g/mol. The highest BCUT2D eigenvalue weighted by molar-refractivity contribution is 7.15. The third kappa shape index (κ3) is 4.54. The average molecular weight is 355 g/mol. The fraction of sp³-hybridized carbons (Fsp3) is 0.167. The van der Waals surface area contributed by atoms with Crippen LogP contribution in [0, 0.1) is 6.92 Å². The summed E-state index contributed by atoms with van der Waals surface area (Å²) in [5, 5.41) is 5.99. The van der Waals surface area contributed by atoms with Gasteiger partial charge in [0.25, 0.3) is 5.91 Å². The molecule has 0 aliphatic carbocycles. The van der Waals surface area contributed by atoms with E-state index in [-0.39, 0.29) is 11.7 Å². The van der Waals surface area contributed by atoms with E-state index in [1.54, 1.807) is 18.3 Å². The molecule has 0 aliphatic heterocycles. The van der Waals surface area contributed by atoms with E-state index in [2.05, 4.69) is 15.6 Å². The molecule has 7 heteroatoms. The van der Waals surface area contributed by atoms with Gasteiger partial charge in [0, 0.05) is 17.5 Å². The fourth-order valence-electron chi connectivity index (χ4n) is 2.30. The molecule has 1 aromatic carbocycles. The molecule has 3 aromatic rings. The first-order valence-electron chi connectivity index (χ1n) is 7.73. The van der Waals surface area contributed by atoms with Gasteiger partial charge >= 0.3 is 0 Å². The molecule has 1 atom stereocenters. The van der Waals surface area contributed by atoms with Crippen molar-refractivity contribution in [3.63, 3.8) is 0 Å². The minimum Gasteiger partial charge on any atom is -0.459 e. The summed E-state index contributed by atoms with van der Waals surface area (Å²) in [5.41, 5.74) is 0.942. The lowest BCUT2D eigenvalue weighted by Crippen LogP contribution is -2.45. The molecule has 0 radical (unpaired) electrons. The lowest BCUT2D eigenvalue weighted by atomic mass is 10.1. The second-order valence-corrected chi connectivity index (χ2v) is 6.69. The largest absolute Gasteiger partial charge is 0.459 e. The van der Waals surface area contributed by atoms with E-state index in [4.69, 9.17) is 4.42 Å². The van der Waals surface area contributed by atoms with Crippen LogP contribution < -0.4 is 10.6 Å². The third-order valence-electron chi connectivity index (χ3n) is 3.50. The van der Waals surface area contributed by atoms with Crippen LogP contribution in [0.1, 0.15) is 21.0 Å². The van der Waals surface area contributed by atoms with Crippen LogP contribution in [0.3, 0.4) is 0 Å². The summed E-state index contributed by atoms with van der Waals surface area (Å²) in [6.45, 7) is 1.91. The van der Waals surface area contributed by atoms with E-state index < -0.39 is 11.9 Å². The maximum atomic E-state index is 12.6. The molecule has 0 aliphatic rings. The normalized spacial score (nSPS) is 11.7. The van der Waals surface area contributed by atoms with Crippen LogP contribution in [0.15, 0.2) is 59.3 Å².